The monoisotopic (exact) mass is 276 g/mol. The molecular formula is C15H14F2N2O. The number of halogens is 2. The van der Waals surface area contributed by atoms with Gasteiger partial charge in [0, 0.05) is 11.8 Å². The summed E-state index contributed by atoms with van der Waals surface area (Å²) in [6.45, 7) is 0.948. The maximum Gasteiger partial charge on any atom is 0.290 e. The molecule has 0 unspecified atom stereocenters. The Hall–Kier alpha value is -2.30. The fourth-order valence-corrected chi connectivity index (χ4v) is 1.78. The minimum atomic E-state index is -3.11. The van der Waals surface area contributed by atoms with Crippen molar-refractivity contribution in [3.63, 3.8) is 0 Å². The molecule has 3 nitrogen and oxygen atoms in total. The Morgan fingerprint density at radius 3 is 2.55 bits per heavy atom. The summed E-state index contributed by atoms with van der Waals surface area (Å²) in [6, 6.07) is 10.8. The fourth-order valence-electron chi connectivity index (χ4n) is 1.78. The predicted octanol–water partition coefficient (Wildman–Crippen LogP) is 2.91. The quantitative estimate of drug-likeness (QED) is 0.933. The van der Waals surface area contributed by atoms with Crippen LogP contribution < -0.4 is 5.32 Å². The van der Waals surface area contributed by atoms with Gasteiger partial charge in [-0.05, 0) is 18.6 Å². The van der Waals surface area contributed by atoms with Gasteiger partial charge in [-0.3, -0.25) is 9.78 Å². The van der Waals surface area contributed by atoms with Crippen LogP contribution in [-0.4, -0.2) is 17.4 Å². The fraction of sp³-hybridized carbons (Fsp3) is 0.200. The van der Waals surface area contributed by atoms with E-state index in [0.29, 0.717) is 5.56 Å². The number of carbonyl (C=O) groups is 1. The lowest BCUT2D eigenvalue weighted by Gasteiger charge is -2.17. The zero-order valence-electron chi connectivity index (χ0n) is 10.9. The first-order valence-electron chi connectivity index (χ1n) is 6.14. The third kappa shape index (κ3) is 3.17. The molecule has 1 aromatic heterocycles. The number of alkyl halides is 2. The maximum absolute atomic E-state index is 13.9. The van der Waals surface area contributed by atoms with Gasteiger partial charge in [0.1, 0.15) is 5.69 Å². The predicted molar refractivity (Wildman–Crippen MR) is 71.6 cm³/mol. The topological polar surface area (TPSA) is 42.0 Å². The zero-order valence-corrected chi connectivity index (χ0v) is 10.9. The van der Waals surface area contributed by atoms with Crippen molar-refractivity contribution in [3.8, 4) is 0 Å². The van der Waals surface area contributed by atoms with Gasteiger partial charge in [-0.1, -0.05) is 36.4 Å². The van der Waals surface area contributed by atoms with Gasteiger partial charge in [0.15, 0.2) is 0 Å². The maximum atomic E-state index is 13.9. The Balaban J connectivity index is 2.05. The lowest BCUT2D eigenvalue weighted by atomic mass is 10.1. The van der Waals surface area contributed by atoms with E-state index in [1.54, 1.807) is 25.1 Å². The summed E-state index contributed by atoms with van der Waals surface area (Å²) in [5.41, 5.74) is 0.683. The number of pyridine rings is 1. The van der Waals surface area contributed by atoms with Gasteiger partial charge < -0.3 is 5.32 Å². The summed E-state index contributed by atoms with van der Waals surface area (Å²) >= 11 is 0. The second-order valence-corrected chi connectivity index (χ2v) is 4.42. The van der Waals surface area contributed by atoms with Crippen molar-refractivity contribution >= 4 is 5.91 Å². The third-order valence-electron chi connectivity index (χ3n) is 2.89. The van der Waals surface area contributed by atoms with Crippen molar-refractivity contribution in [1.29, 1.82) is 0 Å². The van der Waals surface area contributed by atoms with Crippen molar-refractivity contribution in [2.75, 3.05) is 6.54 Å². The number of benzene rings is 1. The molecule has 104 valence electrons. The lowest BCUT2D eigenvalue weighted by molar-refractivity contribution is -0.00252. The molecule has 5 heteroatoms. The van der Waals surface area contributed by atoms with Gasteiger partial charge in [0.25, 0.3) is 11.8 Å². The van der Waals surface area contributed by atoms with E-state index in [-0.39, 0.29) is 11.3 Å². The third-order valence-corrected chi connectivity index (χ3v) is 2.89. The Labute approximate surface area is 115 Å². The zero-order chi connectivity index (χ0) is 14.6. The molecule has 0 aliphatic carbocycles. The Morgan fingerprint density at radius 2 is 1.90 bits per heavy atom. The largest absolute Gasteiger partial charge is 0.344 e. The molecular weight excluding hydrogens is 262 g/mol. The number of carbonyl (C=O) groups excluding carboxylic acids is 1. The van der Waals surface area contributed by atoms with E-state index < -0.39 is 18.4 Å². The normalized spacial score (nSPS) is 11.2. The van der Waals surface area contributed by atoms with Gasteiger partial charge in [-0.15, -0.1) is 0 Å². The summed E-state index contributed by atoms with van der Waals surface area (Å²) in [4.78, 5) is 15.7. The molecule has 2 rings (SSSR count). The average molecular weight is 276 g/mol. The molecule has 0 aliphatic rings. The number of nitrogens with zero attached hydrogens (tertiary/aromatic N) is 1. The second-order valence-electron chi connectivity index (χ2n) is 4.42. The summed E-state index contributed by atoms with van der Waals surface area (Å²) in [5, 5.41) is 2.23. The van der Waals surface area contributed by atoms with Crippen LogP contribution in [0, 0.1) is 6.92 Å². The van der Waals surface area contributed by atoms with Crippen LogP contribution in [0.15, 0.2) is 48.7 Å². The SMILES string of the molecule is Cc1cccnc1C(=O)NCC(F)(F)c1ccccc1. The van der Waals surface area contributed by atoms with Crippen LogP contribution in [0.4, 0.5) is 8.78 Å². The highest BCUT2D eigenvalue weighted by atomic mass is 19.3. The van der Waals surface area contributed by atoms with E-state index in [2.05, 4.69) is 10.3 Å². The van der Waals surface area contributed by atoms with Crippen LogP contribution in [0.5, 0.6) is 0 Å². The first kappa shape index (κ1) is 14.1. The second kappa shape index (κ2) is 5.77. The van der Waals surface area contributed by atoms with Crippen LogP contribution in [0.3, 0.4) is 0 Å². The highest BCUT2D eigenvalue weighted by Crippen LogP contribution is 2.26. The van der Waals surface area contributed by atoms with E-state index in [1.165, 1.54) is 30.5 Å². The average Bonchev–Trinajstić information content (AvgIpc) is 2.46. The molecule has 0 radical (unpaired) electrons. The molecule has 1 heterocycles. The van der Waals surface area contributed by atoms with Gasteiger partial charge >= 0.3 is 0 Å². The molecule has 1 N–H and O–H groups in total. The van der Waals surface area contributed by atoms with Crippen LogP contribution in [-0.2, 0) is 5.92 Å². The number of hydrogen-bond donors (Lipinski definition) is 1. The molecule has 1 aromatic carbocycles. The van der Waals surface area contributed by atoms with Crippen LogP contribution in [0.25, 0.3) is 0 Å². The Kier molecular flexibility index (Phi) is 4.08. The summed E-state index contributed by atoms with van der Waals surface area (Å²) in [5.74, 6) is -3.71. The van der Waals surface area contributed by atoms with Crippen LogP contribution in [0.2, 0.25) is 0 Å². The van der Waals surface area contributed by atoms with E-state index in [9.17, 15) is 13.6 Å². The molecule has 0 bridgehead atoms. The first-order chi connectivity index (χ1) is 9.50. The summed E-state index contributed by atoms with van der Waals surface area (Å²) in [7, 11) is 0. The highest BCUT2D eigenvalue weighted by Gasteiger charge is 2.32. The van der Waals surface area contributed by atoms with Gasteiger partial charge in [0.2, 0.25) is 0 Å². The Bertz CT molecular complexity index is 600. The molecule has 0 aliphatic heterocycles. The number of aromatic nitrogens is 1. The standard InChI is InChI=1S/C15H14F2N2O/c1-11-6-5-9-18-13(11)14(20)19-10-15(16,17)12-7-3-2-4-8-12/h2-9H,10H2,1H3,(H,19,20). The van der Waals surface area contributed by atoms with Crippen molar-refractivity contribution < 1.29 is 13.6 Å². The van der Waals surface area contributed by atoms with Crippen molar-refractivity contribution in [3.05, 3.63) is 65.5 Å². The minimum absolute atomic E-state index is 0.127. The summed E-state index contributed by atoms with van der Waals surface area (Å²) < 4.78 is 27.8. The minimum Gasteiger partial charge on any atom is -0.344 e. The number of rotatable bonds is 4. The van der Waals surface area contributed by atoms with Crippen molar-refractivity contribution in [1.82, 2.24) is 10.3 Å². The van der Waals surface area contributed by atoms with E-state index in [0.717, 1.165) is 0 Å². The molecule has 0 atom stereocenters. The summed E-state index contributed by atoms with van der Waals surface area (Å²) in [6.07, 6.45) is 1.46. The molecule has 0 saturated heterocycles. The van der Waals surface area contributed by atoms with E-state index in [4.69, 9.17) is 0 Å². The number of nitrogens with one attached hydrogen (secondary N) is 1. The smallest absolute Gasteiger partial charge is 0.290 e. The van der Waals surface area contributed by atoms with Gasteiger partial charge in [-0.25, -0.2) is 0 Å². The number of aryl methyl sites for hydroxylation is 1. The van der Waals surface area contributed by atoms with E-state index >= 15 is 0 Å². The molecule has 20 heavy (non-hydrogen) atoms. The molecule has 0 spiro atoms. The van der Waals surface area contributed by atoms with E-state index in [1.807, 2.05) is 0 Å². The molecule has 1 amide bonds. The van der Waals surface area contributed by atoms with Gasteiger partial charge in [0.05, 0.1) is 6.54 Å². The van der Waals surface area contributed by atoms with Crippen molar-refractivity contribution in [2.24, 2.45) is 0 Å². The number of hydrogen-bond acceptors (Lipinski definition) is 2. The van der Waals surface area contributed by atoms with Crippen molar-refractivity contribution in [2.45, 2.75) is 12.8 Å². The Morgan fingerprint density at radius 1 is 1.20 bits per heavy atom. The molecule has 0 fully saturated rings. The molecule has 0 saturated carbocycles. The number of amides is 1. The lowest BCUT2D eigenvalue weighted by Crippen LogP contribution is -2.35. The first-order valence-corrected chi connectivity index (χ1v) is 6.14. The van der Waals surface area contributed by atoms with Gasteiger partial charge in [-0.2, -0.15) is 8.78 Å². The van der Waals surface area contributed by atoms with Crippen LogP contribution >= 0.6 is 0 Å². The van der Waals surface area contributed by atoms with Crippen LogP contribution in [0.1, 0.15) is 21.6 Å². The highest BCUT2D eigenvalue weighted by molar-refractivity contribution is 5.93. The molecule has 2 aromatic rings.